The number of carbonyl (C=O) groups is 1. The third kappa shape index (κ3) is 3.24. The Labute approximate surface area is 132 Å². The van der Waals surface area contributed by atoms with Gasteiger partial charge < -0.3 is 10.3 Å². The average Bonchev–Trinajstić information content (AvgIpc) is 2.63. The molecular weight excluding hydrogens is 306 g/mol. The first kappa shape index (κ1) is 15.9. The first-order chi connectivity index (χ1) is 9.81. The largest absolute Gasteiger partial charge is 0.354 e. The average molecular weight is 325 g/mol. The van der Waals surface area contributed by atoms with Gasteiger partial charge in [0, 0.05) is 23.9 Å². The molecule has 0 bridgehead atoms. The molecule has 21 heavy (non-hydrogen) atoms. The van der Waals surface area contributed by atoms with Gasteiger partial charge in [-0.1, -0.05) is 0 Å². The lowest BCUT2D eigenvalue weighted by Gasteiger charge is -2.09. The number of amides is 1. The van der Waals surface area contributed by atoms with E-state index in [4.69, 9.17) is 12.2 Å². The SMILES string of the molecule is Cc1sc2[nH]c(=S)n(CCC(=O)NC(C)C)c(=O)c2c1C. The van der Waals surface area contributed by atoms with Gasteiger partial charge >= 0.3 is 0 Å². The van der Waals surface area contributed by atoms with Crippen molar-refractivity contribution in [2.75, 3.05) is 0 Å². The minimum absolute atomic E-state index is 0.0791. The highest BCUT2D eigenvalue weighted by molar-refractivity contribution is 7.71. The fraction of sp³-hybridized carbons (Fsp3) is 0.500. The lowest BCUT2D eigenvalue weighted by molar-refractivity contribution is -0.121. The summed E-state index contributed by atoms with van der Waals surface area (Å²) in [5.74, 6) is -0.0791. The van der Waals surface area contributed by atoms with E-state index in [-0.39, 0.29) is 30.5 Å². The first-order valence-corrected chi connectivity index (χ1v) is 8.06. The summed E-state index contributed by atoms with van der Waals surface area (Å²) in [7, 11) is 0. The van der Waals surface area contributed by atoms with Gasteiger partial charge in [0.25, 0.3) is 5.56 Å². The second-order valence-electron chi connectivity index (χ2n) is 5.35. The van der Waals surface area contributed by atoms with Gasteiger partial charge in [0.05, 0.1) is 5.39 Å². The maximum absolute atomic E-state index is 12.6. The summed E-state index contributed by atoms with van der Waals surface area (Å²) in [6, 6.07) is 0.0907. The molecule has 0 unspecified atom stereocenters. The van der Waals surface area contributed by atoms with Crippen LogP contribution in [0.25, 0.3) is 10.2 Å². The highest BCUT2D eigenvalue weighted by Crippen LogP contribution is 2.25. The van der Waals surface area contributed by atoms with Crippen LogP contribution in [-0.4, -0.2) is 21.5 Å². The molecule has 0 aliphatic carbocycles. The number of hydrogen-bond acceptors (Lipinski definition) is 4. The molecule has 0 atom stereocenters. The van der Waals surface area contributed by atoms with Crippen LogP contribution < -0.4 is 10.9 Å². The molecule has 0 saturated heterocycles. The standard InChI is InChI=1S/C14H19N3O2S2/c1-7(2)15-10(18)5-6-17-13(19)11-8(3)9(4)21-12(11)16-14(17)20/h7H,5-6H2,1-4H3,(H,15,18)(H,16,20). The minimum atomic E-state index is -0.118. The minimum Gasteiger partial charge on any atom is -0.354 e. The molecule has 7 heteroatoms. The predicted octanol–water partition coefficient (Wildman–Crippen LogP) is 2.65. The number of thiophene rings is 1. The smallest absolute Gasteiger partial charge is 0.263 e. The molecule has 2 rings (SSSR count). The van der Waals surface area contributed by atoms with Crippen LogP contribution in [0.1, 0.15) is 30.7 Å². The quantitative estimate of drug-likeness (QED) is 0.849. The molecule has 114 valence electrons. The van der Waals surface area contributed by atoms with Crippen molar-refractivity contribution in [1.82, 2.24) is 14.9 Å². The van der Waals surface area contributed by atoms with Gasteiger partial charge in [0.2, 0.25) is 5.91 Å². The summed E-state index contributed by atoms with van der Waals surface area (Å²) in [6.07, 6.45) is 0.239. The van der Waals surface area contributed by atoms with Crippen LogP contribution in [0.15, 0.2) is 4.79 Å². The monoisotopic (exact) mass is 325 g/mol. The Morgan fingerprint density at radius 3 is 2.71 bits per heavy atom. The molecule has 0 saturated carbocycles. The molecule has 0 radical (unpaired) electrons. The van der Waals surface area contributed by atoms with E-state index in [1.165, 1.54) is 15.9 Å². The van der Waals surface area contributed by atoms with Crippen LogP contribution in [0.5, 0.6) is 0 Å². The first-order valence-electron chi connectivity index (χ1n) is 6.83. The number of nitrogens with zero attached hydrogens (tertiary/aromatic N) is 1. The van der Waals surface area contributed by atoms with Crippen LogP contribution >= 0.6 is 23.6 Å². The van der Waals surface area contributed by atoms with Crippen LogP contribution in [0, 0.1) is 18.6 Å². The van der Waals surface area contributed by atoms with Crippen LogP contribution in [0.4, 0.5) is 0 Å². The van der Waals surface area contributed by atoms with Crippen molar-refractivity contribution in [3.8, 4) is 0 Å². The lowest BCUT2D eigenvalue weighted by Crippen LogP contribution is -2.32. The molecule has 2 aromatic rings. The number of hydrogen-bond donors (Lipinski definition) is 2. The number of aromatic nitrogens is 2. The Kier molecular flexibility index (Phi) is 4.63. The van der Waals surface area contributed by atoms with Crippen molar-refractivity contribution in [1.29, 1.82) is 0 Å². The summed E-state index contributed by atoms with van der Waals surface area (Å²) in [5, 5.41) is 3.48. The predicted molar refractivity (Wildman–Crippen MR) is 88.6 cm³/mol. The zero-order chi connectivity index (χ0) is 15.7. The van der Waals surface area contributed by atoms with Crippen molar-refractivity contribution >= 4 is 39.7 Å². The van der Waals surface area contributed by atoms with E-state index in [2.05, 4.69) is 10.3 Å². The zero-order valence-corrected chi connectivity index (χ0v) is 14.2. The number of fused-ring (bicyclic) bond motifs is 1. The van der Waals surface area contributed by atoms with Gasteiger partial charge in [-0.2, -0.15) is 0 Å². The summed E-state index contributed by atoms with van der Waals surface area (Å²) in [5.41, 5.74) is 0.861. The fourth-order valence-electron chi connectivity index (χ4n) is 2.17. The van der Waals surface area contributed by atoms with Crippen LogP contribution in [0.3, 0.4) is 0 Å². The van der Waals surface area contributed by atoms with E-state index >= 15 is 0 Å². The van der Waals surface area contributed by atoms with Crippen molar-refractivity contribution < 1.29 is 4.79 Å². The van der Waals surface area contributed by atoms with Crippen LogP contribution in [-0.2, 0) is 11.3 Å². The number of nitrogens with one attached hydrogen (secondary N) is 2. The molecule has 0 spiro atoms. The molecule has 2 N–H and O–H groups in total. The maximum atomic E-state index is 12.6. The van der Waals surface area contributed by atoms with E-state index < -0.39 is 0 Å². The normalized spacial score (nSPS) is 11.3. The van der Waals surface area contributed by atoms with Crippen molar-refractivity contribution in [2.24, 2.45) is 0 Å². The summed E-state index contributed by atoms with van der Waals surface area (Å²) in [4.78, 5) is 29.3. The molecule has 2 aromatic heterocycles. The van der Waals surface area contributed by atoms with Crippen LogP contribution in [0.2, 0.25) is 0 Å². The molecule has 0 aliphatic rings. The van der Waals surface area contributed by atoms with E-state index in [0.717, 1.165) is 15.3 Å². The molecule has 0 aliphatic heterocycles. The van der Waals surface area contributed by atoms with E-state index in [9.17, 15) is 9.59 Å². The molecule has 0 fully saturated rings. The third-order valence-electron chi connectivity index (χ3n) is 3.32. The van der Waals surface area contributed by atoms with Gasteiger partial charge in [0.1, 0.15) is 4.83 Å². The van der Waals surface area contributed by atoms with E-state index in [0.29, 0.717) is 10.2 Å². The second-order valence-corrected chi connectivity index (χ2v) is 6.96. The molecular formula is C14H19N3O2S2. The highest BCUT2D eigenvalue weighted by atomic mass is 32.1. The molecule has 5 nitrogen and oxygen atoms in total. The summed E-state index contributed by atoms with van der Waals surface area (Å²) in [6.45, 7) is 8.01. The van der Waals surface area contributed by atoms with E-state index in [1.807, 2.05) is 27.7 Å². The van der Waals surface area contributed by atoms with Crippen molar-refractivity contribution in [3.63, 3.8) is 0 Å². The lowest BCUT2D eigenvalue weighted by atomic mass is 10.2. The Bertz CT molecular complexity index is 799. The second kappa shape index (κ2) is 6.11. The number of carbonyl (C=O) groups excluding carboxylic acids is 1. The number of rotatable bonds is 4. The van der Waals surface area contributed by atoms with Crippen molar-refractivity contribution in [3.05, 3.63) is 25.6 Å². The molecule has 1 amide bonds. The topological polar surface area (TPSA) is 66.9 Å². The van der Waals surface area contributed by atoms with Gasteiger partial charge in [-0.25, -0.2) is 0 Å². The van der Waals surface area contributed by atoms with Crippen molar-refractivity contribution in [2.45, 2.75) is 46.7 Å². The fourth-order valence-corrected chi connectivity index (χ4v) is 3.57. The number of H-pyrrole nitrogens is 1. The third-order valence-corrected chi connectivity index (χ3v) is 4.77. The van der Waals surface area contributed by atoms with E-state index in [1.54, 1.807) is 0 Å². The van der Waals surface area contributed by atoms with Gasteiger partial charge in [0.15, 0.2) is 4.77 Å². The van der Waals surface area contributed by atoms with Gasteiger partial charge in [-0.15, -0.1) is 11.3 Å². The Balaban J connectivity index is 2.37. The van der Waals surface area contributed by atoms with Gasteiger partial charge in [-0.3, -0.25) is 14.2 Å². The maximum Gasteiger partial charge on any atom is 0.263 e. The molecule has 0 aromatic carbocycles. The summed E-state index contributed by atoms with van der Waals surface area (Å²) < 4.78 is 1.84. The molecule has 2 heterocycles. The Morgan fingerprint density at radius 2 is 2.10 bits per heavy atom. The number of aryl methyl sites for hydroxylation is 2. The highest BCUT2D eigenvalue weighted by Gasteiger charge is 2.13. The Morgan fingerprint density at radius 1 is 1.43 bits per heavy atom. The van der Waals surface area contributed by atoms with Gasteiger partial charge in [-0.05, 0) is 45.5 Å². The number of aromatic amines is 1. The Hall–Kier alpha value is -1.47. The summed E-state index contributed by atoms with van der Waals surface area (Å²) >= 11 is 6.78. The zero-order valence-electron chi connectivity index (χ0n) is 12.6.